The van der Waals surface area contributed by atoms with Gasteiger partial charge in [0.15, 0.2) is 6.10 Å². The van der Waals surface area contributed by atoms with Gasteiger partial charge < -0.3 is 39.6 Å². The molecule has 53 heavy (non-hydrogen) atoms. The smallest absolute Gasteiger partial charge is 0.406 e. The highest BCUT2D eigenvalue weighted by Crippen LogP contribution is 2.32. The molecule has 0 spiro atoms. The number of nitrogens with zero attached hydrogens (tertiary/aromatic N) is 2. The van der Waals surface area contributed by atoms with Gasteiger partial charge in [-0.1, -0.05) is 39.7 Å². The van der Waals surface area contributed by atoms with Crippen LogP contribution in [-0.2, 0) is 25.6 Å². The van der Waals surface area contributed by atoms with Gasteiger partial charge in [0.25, 0.3) is 5.91 Å². The van der Waals surface area contributed by atoms with Crippen molar-refractivity contribution < 1.29 is 46.2 Å². The van der Waals surface area contributed by atoms with Crippen molar-refractivity contribution in [3.63, 3.8) is 0 Å². The van der Waals surface area contributed by atoms with E-state index in [-0.39, 0.29) is 43.4 Å². The first-order chi connectivity index (χ1) is 25.1. The number of hydrogen-bond donors (Lipinski definition) is 3. The zero-order valence-electron chi connectivity index (χ0n) is 30.7. The molecule has 4 rings (SSSR count). The number of rotatable bonds is 14. The molecule has 0 saturated carbocycles. The van der Waals surface area contributed by atoms with E-state index in [4.69, 9.17) is 14.2 Å². The van der Waals surface area contributed by atoms with Crippen LogP contribution in [-0.4, -0.2) is 98.7 Å². The van der Waals surface area contributed by atoms with Crippen LogP contribution in [0.1, 0.15) is 50.2 Å². The van der Waals surface area contributed by atoms with E-state index in [0.29, 0.717) is 41.0 Å². The minimum atomic E-state index is -4.51. The first-order valence-electron chi connectivity index (χ1n) is 17.4. The predicted octanol–water partition coefficient (Wildman–Crippen LogP) is 5.63. The molecule has 1 aromatic heterocycles. The van der Waals surface area contributed by atoms with Gasteiger partial charge in [0.2, 0.25) is 0 Å². The van der Waals surface area contributed by atoms with E-state index in [2.05, 4.69) is 27.8 Å². The summed E-state index contributed by atoms with van der Waals surface area (Å²) in [5.74, 6) is 3.74. The molecular formula is C38H47F4N5O6. The number of fused-ring (bicyclic) bond motifs is 1. The highest BCUT2D eigenvalue weighted by molar-refractivity contribution is 5.95. The number of piperidine rings is 1. The number of amides is 1. The lowest BCUT2D eigenvalue weighted by Crippen LogP contribution is -2.46. The maximum atomic E-state index is 14.8. The zero-order valence-corrected chi connectivity index (χ0v) is 30.7. The van der Waals surface area contributed by atoms with Crippen molar-refractivity contribution in [2.24, 2.45) is 11.8 Å². The molecule has 0 bridgehead atoms. The molecule has 2 heterocycles. The summed E-state index contributed by atoms with van der Waals surface area (Å²) in [5.41, 5.74) is 1.71. The molecule has 1 unspecified atom stereocenters. The monoisotopic (exact) mass is 745 g/mol. The SMILES string of the molecule is COc1cc(C(=O)NCC(COC(=O)C(C)C)OC(=O)C(C)C)ccc1NCC#Cc1cc2c(N[C@@H]3CCN(C)C[C@@H]3F)cccc2n1CC(F)(F)F. The highest BCUT2D eigenvalue weighted by atomic mass is 19.4. The number of carbonyl (C=O) groups is 3. The number of nitrogens with one attached hydrogen (secondary N) is 3. The second-order valence-electron chi connectivity index (χ2n) is 13.6. The Kier molecular flexibility index (Phi) is 14.0. The first-order valence-corrected chi connectivity index (χ1v) is 17.4. The van der Waals surface area contributed by atoms with Crippen LogP contribution in [0.2, 0.25) is 0 Å². The lowest BCUT2D eigenvalue weighted by atomic mass is 10.0. The van der Waals surface area contributed by atoms with Gasteiger partial charge in [0.05, 0.1) is 55.0 Å². The number of likely N-dealkylation sites (tertiary alicyclic amines) is 1. The number of alkyl halides is 4. The van der Waals surface area contributed by atoms with Crippen molar-refractivity contribution in [1.82, 2.24) is 14.8 Å². The molecule has 1 amide bonds. The average Bonchev–Trinajstić information content (AvgIpc) is 3.44. The molecule has 15 heteroatoms. The number of anilines is 2. The number of esters is 2. The Labute approximate surface area is 306 Å². The zero-order chi connectivity index (χ0) is 38.9. The third kappa shape index (κ3) is 11.5. The van der Waals surface area contributed by atoms with Gasteiger partial charge in [-0.15, -0.1) is 0 Å². The summed E-state index contributed by atoms with van der Waals surface area (Å²) in [6.07, 6.45) is -5.99. The molecule has 3 atom stereocenters. The van der Waals surface area contributed by atoms with Gasteiger partial charge >= 0.3 is 18.1 Å². The number of methoxy groups -OCH3 is 1. The average molecular weight is 746 g/mol. The number of benzene rings is 2. The van der Waals surface area contributed by atoms with E-state index >= 15 is 0 Å². The minimum absolute atomic E-state index is 0.0255. The Morgan fingerprint density at radius 2 is 1.75 bits per heavy atom. The van der Waals surface area contributed by atoms with Crippen LogP contribution < -0.4 is 20.7 Å². The Hall–Kier alpha value is -4.97. The standard InChI is InChI=1S/C38H47F4N5O6/c1-23(2)36(49)52-21-27(53-37(50)24(3)4)19-44-35(48)25-12-13-32(34(17-25)51-6)43-15-8-9-26-18-28-30(45-31-14-16-46(5)20-29(31)39)10-7-11-33(28)47(26)22-38(40,41)42/h7,10-13,17-18,23-24,27,29,31,43,45H,14-16,19-22H2,1-6H3,(H,44,48)/t27?,29-,31+/m0/s1. The molecular weight excluding hydrogens is 698 g/mol. The highest BCUT2D eigenvalue weighted by Gasteiger charge is 2.31. The molecule has 2 aromatic carbocycles. The number of hydrogen-bond acceptors (Lipinski definition) is 9. The molecule has 1 aliphatic rings. The third-order valence-electron chi connectivity index (χ3n) is 8.54. The Morgan fingerprint density at radius 3 is 2.42 bits per heavy atom. The molecule has 11 nitrogen and oxygen atoms in total. The van der Waals surface area contributed by atoms with Crippen LogP contribution in [0.15, 0.2) is 42.5 Å². The minimum Gasteiger partial charge on any atom is -0.495 e. The van der Waals surface area contributed by atoms with E-state index in [9.17, 15) is 31.9 Å². The molecule has 3 N–H and O–H groups in total. The quantitative estimate of drug-likeness (QED) is 0.110. The van der Waals surface area contributed by atoms with Gasteiger partial charge in [0.1, 0.15) is 25.1 Å². The summed E-state index contributed by atoms with van der Waals surface area (Å²) in [5, 5.41) is 9.48. The van der Waals surface area contributed by atoms with Crippen LogP contribution in [0.25, 0.3) is 10.9 Å². The lowest BCUT2D eigenvalue weighted by molar-refractivity contribution is -0.162. The fraction of sp³-hybridized carbons (Fsp3) is 0.500. The Balaban J connectivity index is 1.46. The molecule has 288 valence electrons. The molecule has 3 aromatic rings. The molecule has 1 aliphatic heterocycles. The largest absolute Gasteiger partial charge is 0.495 e. The number of carbonyl (C=O) groups excluding carboxylic acids is 3. The topological polar surface area (TPSA) is 123 Å². The van der Waals surface area contributed by atoms with Crippen molar-refractivity contribution in [1.29, 1.82) is 0 Å². The van der Waals surface area contributed by atoms with E-state index in [1.165, 1.54) is 19.2 Å². The van der Waals surface area contributed by atoms with E-state index in [1.54, 1.807) is 58.0 Å². The van der Waals surface area contributed by atoms with Gasteiger partial charge in [-0.25, -0.2) is 4.39 Å². The van der Waals surface area contributed by atoms with E-state index in [0.717, 1.165) is 4.57 Å². The number of halogens is 4. The predicted molar refractivity (Wildman–Crippen MR) is 194 cm³/mol. The van der Waals surface area contributed by atoms with Gasteiger partial charge in [-0.05, 0) is 55.8 Å². The molecule has 0 radical (unpaired) electrons. The van der Waals surface area contributed by atoms with Crippen LogP contribution in [0.3, 0.4) is 0 Å². The maximum absolute atomic E-state index is 14.8. The summed E-state index contributed by atoms with van der Waals surface area (Å²) in [7, 11) is 3.26. The second-order valence-corrected chi connectivity index (χ2v) is 13.6. The van der Waals surface area contributed by atoms with Gasteiger partial charge in [-0.3, -0.25) is 14.4 Å². The molecule has 0 aliphatic carbocycles. The van der Waals surface area contributed by atoms with Crippen molar-refractivity contribution in [2.75, 3.05) is 57.6 Å². The maximum Gasteiger partial charge on any atom is 0.406 e. The first kappa shape index (κ1) is 40.8. The van der Waals surface area contributed by atoms with Crippen LogP contribution >= 0.6 is 0 Å². The Morgan fingerprint density at radius 1 is 1.02 bits per heavy atom. The van der Waals surface area contributed by atoms with Crippen LogP contribution in [0, 0.1) is 23.7 Å². The number of ether oxygens (including phenoxy) is 3. The summed E-state index contributed by atoms with van der Waals surface area (Å²) in [6.45, 7) is 6.06. The summed E-state index contributed by atoms with van der Waals surface area (Å²) in [6, 6.07) is 10.7. The van der Waals surface area contributed by atoms with E-state index in [1.807, 2.05) is 11.9 Å². The summed E-state index contributed by atoms with van der Waals surface area (Å²) < 4.78 is 73.1. The number of aromatic nitrogens is 1. The Bertz CT molecular complexity index is 1820. The van der Waals surface area contributed by atoms with Crippen molar-refractivity contribution in [3.8, 4) is 17.6 Å². The fourth-order valence-corrected chi connectivity index (χ4v) is 5.62. The second kappa shape index (κ2) is 18.2. The van der Waals surface area contributed by atoms with Gasteiger partial charge in [-0.2, -0.15) is 13.2 Å². The van der Waals surface area contributed by atoms with Crippen molar-refractivity contribution >= 4 is 40.1 Å². The normalized spacial score (nSPS) is 16.8. The van der Waals surface area contributed by atoms with E-state index < -0.39 is 54.8 Å². The van der Waals surface area contributed by atoms with Crippen LogP contribution in [0.5, 0.6) is 5.75 Å². The summed E-state index contributed by atoms with van der Waals surface area (Å²) in [4.78, 5) is 39.1. The third-order valence-corrected chi connectivity index (χ3v) is 8.54. The van der Waals surface area contributed by atoms with Crippen LogP contribution in [0.4, 0.5) is 28.9 Å². The lowest BCUT2D eigenvalue weighted by Gasteiger charge is -2.33. The summed E-state index contributed by atoms with van der Waals surface area (Å²) >= 11 is 0. The fourth-order valence-electron chi connectivity index (χ4n) is 5.62. The molecule has 1 fully saturated rings. The van der Waals surface area contributed by atoms with Gasteiger partial charge in [0, 0.05) is 29.7 Å². The molecule has 1 saturated heterocycles. The van der Waals surface area contributed by atoms with Crippen molar-refractivity contribution in [2.45, 2.75) is 65.2 Å². The van der Waals surface area contributed by atoms with Crippen molar-refractivity contribution in [3.05, 3.63) is 53.7 Å².